The molecule has 3 rings (SSSR count). The predicted molar refractivity (Wildman–Crippen MR) is 70.3 cm³/mol. The molecule has 2 heterocycles. The maximum atomic E-state index is 5.24. The van der Waals surface area contributed by atoms with Gasteiger partial charge in [-0.25, -0.2) is 4.98 Å². The minimum absolute atomic E-state index is 0.330. The van der Waals surface area contributed by atoms with Crippen LogP contribution >= 0.6 is 11.3 Å². The van der Waals surface area contributed by atoms with E-state index in [1.54, 1.807) is 11.3 Å². The number of ether oxygens (including phenoxy) is 1. The Balaban J connectivity index is 1.61. The topological polar surface area (TPSA) is 34.2 Å². The summed E-state index contributed by atoms with van der Waals surface area (Å²) >= 11 is 1.77. The van der Waals surface area contributed by atoms with Crippen LogP contribution in [0.1, 0.15) is 11.9 Å². The number of nitrogens with one attached hydrogen (secondary N) is 1. The first-order valence-electron chi connectivity index (χ1n) is 5.88. The first-order valence-corrected chi connectivity index (χ1v) is 6.70. The molecule has 0 radical (unpaired) electrons. The number of para-hydroxylation sites is 1. The fraction of sp³-hybridized carbons (Fsp3) is 0.462. The quantitative estimate of drug-likeness (QED) is 0.902. The van der Waals surface area contributed by atoms with Crippen molar-refractivity contribution >= 4 is 21.6 Å². The Morgan fingerprint density at radius 1 is 1.41 bits per heavy atom. The summed E-state index contributed by atoms with van der Waals surface area (Å²) in [5.74, 6) is 0. The van der Waals surface area contributed by atoms with Gasteiger partial charge in [0.25, 0.3) is 0 Å². The SMILES string of the molecule is CC1(CNCc2nc3ccccc3s2)COC1. The van der Waals surface area contributed by atoms with Gasteiger partial charge in [-0.05, 0) is 12.1 Å². The molecule has 0 atom stereocenters. The van der Waals surface area contributed by atoms with Crippen LogP contribution < -0.4 is 5.32 Å². The average Bonchev–Trinajstić information content (AvgIpc) is 2.69. The van der Waals surface area contributed by atoms with Crippen molar-refractivity contribution in [2.24, 2.45) is 5.41 Å². The van der Waals surface area contributed by atoms with Crippen molar-refractivity contribution in [3.05, 3.63) is 29.3 Å². The summed E-state index contributed by atoms with van der Waals surface area (Å²) in [6, 6.07) is 8.28. The summed E-state index contributed by atoms with van der Waals surface area (Å²) in [7, 11) is 0. The second kappa shape index (κ2) is 4.37. The highest BCUT2D eigenvalue weighted by Gasteiger charge is 2.32. The van der Waals surface area contributed by atoms with Gasteiger partial charge in [0.1, 0.15) is 5.01 Å². The van der Waals surface area contributed by atoms with Crippen LogP contribution in [0.5, 0.6) is 0 Å². The second-order valence-electron chi connectivity index (χ2n) is 4.98. The Morgan fingerprint density at radius 3 is 2.94 bits per heavy atom. The van der Waals surface area contributed by atoms with Crippen LogP contribution in [0.4, 0.5) is 0 Å². The number of thiazole rings is 1. The minimum Gasteiger partial charge on any atom is -0.380 e. The Kier molecular flexibility index (Phi) is 2.86. The number of fused-ring (bicyclic) bond motifs is 1. The maximum absolute atomic E-state index is 5.24. The Hall–Kier alpha value is -0.970. The fourth-order valence-electron chi connectivity index (χ4n) is 2.02. The van der Waals surface area contributed by atoms with Gasteiger partial charge >= 0.3 is 0 Å². The van der Waals surface area contributed by atoms with Crippen molar-refractivity contribution in [1.29, 1.82) is 0 Å². The predicted octanol–water partition coefficient (Wildman–Crippen LogP) is 2.42. The smallest absolute Gasteiger partial charge is 0.108 e. The van der Waals surface area contributed by atoms with E-state index in [0.29, 0.717) is 5.41 Å². The molecular formula is C13H16N2OS. The lowest BCUT2D eigenvalue weighted by atomic mass is 9.89. The van der Waals surface area contributed by atoms with Crippen molar-refractivity contribution in [2.75, 3.05) is 19.8 Å². The van der Waals surface area contributed by atoms with E-state index >= 15 is 0 Å². The number of hydrogen-bond donors (Lipinski definition) is 1. The van der Waals surface area contributed by atoms with Crippen molar-refractivity contribution in [1.82, 2.24) is 10.3 Å². The molecular weight excluding hydrogens is 232 g/mol. The molecule has 0 amide bonds. The molecule has 0 unspecified atom stereocenters. The average molecular weight is 248 g/mol. The largest absolute Gasteiger partial charge is 0.380 e. The summed E-state index contributed by atoms with van der Waals surface area (Å²) in [5.41, 5.74) is 1.43. The Morgan fingerprint density at radius 2 is 2.24 bits per heavy atom. The molecule has 1 aromatic heterocycles. The molecule has 1 saturated heterocycles. The monoisotopic (exact) mass is 248 g/mol. The van der Waals surface area contributed by atoms with Gasteiger partial charge in [0.05, 0.1) is 23.4 Å². The summed E-state index contributed by atoms with van der Waals surface area (Å²) in [4.78, 5) is 4.60. The summed E-state index contributed by atoms with van der Waals surface area (Å²) < 4.78 is 6.50. The molecule has 0 aliphatic carbocycles. The van der Waals surface area contributed by atoms with Gasteiger partial charge in [-0.3, -0.25) is 0 Å². The van der Waals surface area contributed by atoms with Gasteiger partial charge in [-0.2, -0.15) is 0 Å². The fourth-order valence-corrected chi connectivity index (χ4v) is 2.96. The maximum Gasteiger partial charge on any atom is 0.108 e. The van der Waals surface area contributed by atoms with E-state index in [1.807, 2.05) is 6.07 Å². The van der Waals surface area contributed by atoms with E-state index in [1.165, 1.54) is 4.70 Å². The van der Waals surface area contributed by atoms with Crippen LogP contribution in [0, 0.1) is 5.41 Å². The molecule has 0 bridgehead atoms. The molecule has 1 aliphatic rings. The number of nitrogens with zero attached hydrogens (tertiary/aromatic N) is 1. The highest BCUT2D eigenvalue weighted by atomic mass is 32.1. The lowest BCUT2D eigenvalue weighted by Crippen LogP contribution is -2.47. The first-order chi connectivity index (χ1) is 8.25. The van der Waals surface area contributed by atoms with E-state index in [0.717, 1.165) is 36.8 Å². The number of hydrogen-bond acceptors (Lipinski definition) is 4. The van der Waals surface area contributed by atoms with E-state index in [2.05, 4.69) is 35.4 Å². The van der Waals surface area contributed by atoms with E-state index in [9.17, 15) is 0 Å². The molecule has 3 nitrogen and oxygen atoms in total. The lowest BCUT2D eigenvalue weighted by Gasteiger charge is -2.38. The zero-order valence-corrected chi connectivity index (χ0v) is 10.7. The van der Waals surface area contributed by atoms with E-state index < -0.39 is 0 Å². The molecule has 0 spiro atoms. The van der Waals surface area contributed by atoms with Crippen LogP contribution in [0.15, 0.2) is 24.3 Å². The number of benzene rings is 1. The van der Waals surface area contributed by atoms with Crippen LogP contribution in [-0.2, 0) is 11.3 Å². The lowest BCUT2D eigenvalue weighted by molar-refractivity contribution is -0.0991. The van der Waals surface area contributed by atoms with Crippen LogP contribution in [0.25, 0.3) is 10.2 Å². The molecule has 1 aromatic carbocycles. The van der Waals surface area contributed by atoms with E-state index in [-0.39, 0.29) is 0 Å². The molecule has 1 fully saturated rings. The standard InChI is InChI=1S/C13H16N2OS/c1-13(8-16-9-13)7-14-6-12-15-10-4-2-3-5-11(10)17-12/h2-5,14H,6-9H2,1H3. The minimum atomic E-state index is 0.330. The molecule has 17 heavy (non-hydrogen) atoms. The van der Waals surface area contributed by atoms with Crippen LogP contribution in [0.3, 0.4) is 0 Å². The van der Waals surface area contributed by atoms with Crippen LogP contribution in [0.2, 0.25) is 0 Å². The van der Waals surface area contributed by atoms with Gasteiger partial charge in [-0.1, -0.05) is 19.1 Å². The summed E-state index contributed by atoms with van der Waals surface area (Å²) in [6.45, 7) is 5.86. The summed E-state index contributed by atoms with van der Waals surface area (Å²) in [6.07, 6.45) is 0. The third-order valence-electron chi connectivity index (χ3n) is 3.07. The first kappa shape index (κ1) is 11.1. The molecule has 1 N–H and O–H groups in total. The van der Waals surface area contributed by atoms with Crippen molar-refractivity contribution in [3.8, 4) is 0 Å². The van der Waals surface area contributed by atoms with E-state index in [4.69, 9.17) is 4.74 Å². The number of rotatable bonds is 4. The van der Waals surface area contributed by atoms with Crippen molar-refractivity contribution in [3.63, 3.8) is 0 Å². The summed E-state index contributed by atoms with van der Waals surface area (Å²) in [5, 5.41) is 4.64. The Bertz CT molecular complexity index is 486. The van der Waals surface area contributed by atoms with Gasteiger partial charge in [0.15, 0.2) is 0 Å². The zero-order chi connectivity index (χ0) is 11.7. The normalized spacial score (nSPS) is 18.2. The molecule has 0 saturated carbocycles. The van der Waals surface area contributed by atoms with Gasteiger partial charge in [0, 0.05) is 18.5 Å². The second-order valence-corrected chi connectivity index (χ2v) is 6.10. The molecule has 90 valence electrons. The highest BCUT2D eigenvalue weighted by Crippen LogP contribution is 2.26. The molecule has 4 heteroatoms. The highest BCUT2D eigenvalue weighted by molar-refractivity contribution is 7.18. The van der Waals surface area contributed by atoms with Gasteiger partial charge < -0.3 is 10.1 Å². The van der Waals surface area contributed by atoms with Gasteiger partial charge in [0.2, 0.25) is 0 Å². The molecule has 1 aliphatic heterocycles. The third-order valence-corrected chi connectivity index (χ3v) is 4.10. The molecule has 2 aromatic rings. The number of aromatic nitrogens is 1. The van der Waals surface area contributed by atoms with Gasteiger partial charge in [-0.15, -0.1) is 11.3 Å². The van der Waals surface area contributed by atoms with Crippen molar-refractivity contribution in [2.45, 2.75) is 13.5 Å². The third kappa shape index (κ3) is 2.34. The zero-order valence-electron chi connectivity index (χ0n) is 9.90. The van der Waals surface area contributed by atoms with Crippen molar-refractivity contribution < 1.29 is 4.74 Å². The Labute approximate surface area is 105 Å². The van der Waals surface area contributed by atoms with Crippen LogP contribution in [-0.4, -0.2) is 24.7 Å².